The number of fused-ring (bicyclic) bond motifs is 1. The molecule has 1 unspecified atom stereocenters. The Kier molecular flexibility index (Phi) is 9.10. The Labute approximate surface area is 212 Å². The third kappa shape index (κ3) is 6.78. The van der Waals surface area contributed by atoms with Gasteiger partial charge in [0.15, 0.2) is 5.78 Å². The molecule has 2 aliphatic heterocycles. The molecule has 1 fully saturated rings. The number of nitrogens with one attached hydrogen (secondary N) is 2. The van der Waals surface area contributed by atoms with Crippen LogP contribution in [0.3, 0.4) is 0 Å². The molecule has 5 amide bonds. The monoisotopic (exact) mass is 515 g/mol. The second-order valence-corrected chi connectivity index (χ2v) is 9.06. The van der Waals surface area contributed by atoms with Crippen LogP contribution >= 0.6 is 0 Å². The number of hydrogen-bond acceptors (Lipinski definition) is 8. The smallest absolute Gasteiger partial charge is 0.306 e. The van der Waals surface area contributed by atoms with E-state index >= 15 is 0 Å². The van der Waals surface area contributed by atoms with Crippen molar-refractivity contribution in [3.8, 4) is 5.75 Å². The zero-order valence-electron chi connectivity index (χ0n) is 20.4. The second kappa shape index (κ2) is 12.2. The molecule has 0 aromatic heterocycles. The van der Waals surface area contributed by atoms with Gasteiger partial charge in [0.25, 0.3) is 11.8 Å². The van der Waals surface area contributed by atoms with Crippen LogP contribution in [0.4, 0.5) is 0 Å². The van der Waals surface area contributed by atoms with Crippen LogP contribution in [0.2, 0.25) is 0 Å². The van der Waals surface area contributed by atoms with Gasteiger partial charge in [0, 0.05) is 25.8 Å². The maximum absolute atomic E-state index is 13.0. The van der Waals surface area contributed by atoms with Crippen LogP contribution < -0.4 is 15.4 Å². The van der Waals surface area contributed by atoms with Gasteiger partial charge in [0.2, 0.25) is 17.7 Å². The van der Waals surface area contributed by atoms with Gasteiger partial charge in [-0.1, -0.05) is 19.4 Å². The first-order valence-electron chi connectivity index (χ1n) is 12.1. The number of carboxylic acids is 1. The Hall–Kier alpha value is -4.09. The average molecular weight is 516 g/mol. The Morgan fingerprint density at radius 3 is 2.59 bits per heavy atom. The molecule has 2 atom stereocenters. The van der Waals surface area contributed by atoms with E-state index in [4.69, 9.17) is 9.84 Å². The number of amides is 5. The molecule has 0 saturated carbocycles. The Morgan fingerprint density at radius 1 is 1.14 bits per heavy atom. The average Bonchev–Trinajstić information content (AvgIpc) is 3.10. The van der Waals surface area contributed by atoms with Gasteiger partial charge in [-0.2, -0.15) is 0 Å². The van der Waals surface area contributed by atoms with Crippen molar-refractivity contribution in [1.82, 2.24) is 15.5 Å². The third-order valence-corrected chi connectivity index (χ3v) is 6.19. The minimum Gasteiger partial charge on any atom is -0.485 e. The summed E-state index contributed by atoms with van der Waals surface area (Å²) in [5.74, 6) is -4.80. The van der Waals surface area contributed by atoms with Crippen molar-refractivity contribution >= 4 is 41.3 Å². The fourth-order valence-electron chi connectivity index (χ4n) is 4.12. The van der Waals surface area contributed by atoms with E-state index in [0.717, 1.165) is 4.90 Å². The highest BCUT2D eigenvalue weighted by Gasteiger charge is 2.46. The quantitative estimate of drug-likeness (QED) is 0.254. The number of piperidine rings is 1. The second-order valence-electron chi connectivity index (χ2n) is 9.06. The van der Waals surface area contributed by atoms with Gasteiger partial charge in [-0.3, -0.25) is 43.8 Å². The molecule has 37 heavy (non-hydrogen) atoms. The van der Waals surface area contributed by atoms with Gasteiger partial charge in [-0.15, -0.1) is 0 Å². The van der Waals surface area contributed by atoms with Crippen LogP contribution in [0.1, 0.15) is 72.6 Å². The van der Waals surface area contributed by atoms with Crippen LogP contribution in [0.25, 0.3) is 0 Å². The number of ether oxygens (including phenoxy) is 1. The van der Waals surface area contributed by atoms with Crippen LogP contribution in [-0.2, 0) is 24.0 Å². The molecule has 198 valence electrons. The molecular formula is C25H29N3O9. The summed E-state index contributed by atoms with van der Waals surface area (Å²) in [6.45, 7) is 1.54. The summed E-state index contributed by atoms with van der Waals surface area (Å²) in [6.07, 6.45) is 2.02. The van der Waals surface area contributed by atoms with E-state index in [1.54, 1.807) is 0 Å². The summed E-state index contributed by atoms with van der Waals surface area (Å²) < 4.78 is 5.57. The normalized spacial score (nSPS) is 17.8. The standard InChI is InChI=1S/C25H29N3O9/c1-14(25(35)36)12-20(31)26-11-4-2-3-6-15(29)13-37-18-8-5-7-16-21(18)24(34)28(23(16)33)17-9-10-19(30)27-22(17)32/h5,7-8,14,17H,2-4,6,9-13H2,1H3,(H,26,31)(H,35,36)(H,27,30,32)/t14-,17?/m0/s1. The number of benzene rings is 1. The van der Waals surface area contributed by atoms with Crippen molar-refractivity contribution in [1.29, 1.82) is 0 Å². The maximum atomic E-state index is 13.0. The third-order valence-electron chi connectivity index (χ3n) is 6.19. The molecule has 0 radical (unpaired) electrons. The Bertz CT molecular complexity index is 1130. The zero-order chi connectivity index (χ0) is 27.1. The summed E-state index contributed by atoms with van der Waals surface area (Å²) in [5.41, 5.74) is 0.0532. The largest absolute Gasteiger partial charge is 0.485 e. The number of aliphatic carboxylic acids is 1. The van der Waals surface area contributed by atoms with Crippen LogP contribution in [0.5, 0.6) is 5.75 Å². The number of hydrogen-bond donors (Lipinski definition) is 3. The fraction of sp³-hybridized carbons (Fsp3) is 0.480. The van der Waals surface area contributed by atoms with Crippen molar-refractivity contribution in [3.05, 3.63) is 29.3 Å². The maximum Gasteiger partial charge on any atom is 0.306 e. The number of ketones is 1. The van der Waals surface area contributed by atoms with Gasteiger partial charge in [-0.05, 0) is 31.4 Å². The highest BCUT2D eigenvalue weighted by atomic mass is 16.5. The number of nitrogens with zero attached hydrogens (tertiary/aromatic N) is 1. The number of carbonyl (C=O) groups is 7. The number of unbranched alkanes of at least 4 members (excludes halogenated alkanes) is 2. The minimum atomic E-state index is -1.09. The predicted molar refractivity (Wildman–Crippen MR) is 127 cm³/mol. The number of carbonyl (C=O) groups excluding carboxylic acids is 6. The first kappa shape index (κ1) is 27.5. The van der Waals surface area contributed by atoms with Crippen molar-refractivity contribution in [2.45, 2.75) is 57.9 Å². The summed E-state index contributed by atoms with van der Waals surface area (Å²) in [6, 6.07) is 3.34. The number of imide groups is 2. The lowest BCUT2D eigenvalue weighted by Crippen LogP contribution is -2.54. The van der Waals surface area contributed by atoms with E-state index in [0.29, 0.717) is 25.8 Å². The van der Waals surface area contributed by atoms with E-state index < -0.39 is 41.6 Å². The lowest BCUT2D eigenvalue weighted by molar-refractivity contribution is -0.143. The van der Waals surface area contributed by atoms with Crippen LogP contribution in [0.15, 0.2) is 18.2 Å². The van der Waals surface area contributed by atoms with Gasteiger partial charge in [0.1, 0.15) is 18.4 Å². The van der Waals surface area contributed by atoms with Gasteiger partial charge in [0.05, 0.1) is 17.0 Å². The van der Waals surface area contributed by atoms with Crippen molar-refractivity contribution in [2.75, 3.05) is 13.2 Å². The fourth-order valence-corrected chi connectivity index (χ4v) is 4.12. The molecule has 1 aromatic rings. The molecule has 3 N–H and O–H groups in total. The SMILES string of the molecule is C[C@@H](CC(=O)NCCCCCC(=O)COc1cccc2c1C(=O)N(C1CCC(=O)NC1=O)C2=O)C(=O)O. The summed E-state index contributed by atoms with van der Waals surface area (Å²) in [7, 11) is 0. The molecule has 0 aliphatic carbocycles. The molecular weight excluding hydrogens is 486 g/mol. The number of Topliss-reactive ketones (excluding diaryl/α,β-unsaturated/α-hetero) is 1. The number of carboxylic acid groups (broad SMARTS) is 1. The molecule has 12 heteroatoms. The van der Waals surface area contributed by atoms with E-state index in [1.165, 1.54) is 25.1 Å². The molecule has 1 saturated heterocycles. The van der Waals surface area contributed by atoms with Crippen molar-refractivity contribution in [2.24, 2.45) is 5.92 Å². The van der Waals surface area contributed by atoms with E-state index in [9.17, 15) is 33.6 Å². The van der Waals surface area contributed by atoms with Crippen LogP contribution in [0, 0.1) is 5.92 Å². The lowest BCUT2D eigenvalue weighted by Gasteiger charge is -2.27. The molecule has 1 aromatic carbocycles. The Morgan fingerprint density at radius 2 is 1.89 bits per heavy atom. The first-order valence-corrected chi connectivity index (χ1v) is 12.1. The first-order chi connectivity index (χ1) is 17.6. The van der Waals surface area contributed by atoms with E-state index in [1.807, 2.05) is 0 Å². The molecule has 12 nitrogen and oxygen atoms in total. The number of rotatable bonds is 13. The predicted octanol–water partition coefficient (Wildman–Crippen LogP) is 0.823. The van der Waals surface area contributed by atoms with Crippen molar-refractivity contribution in [3.63, 3.8) is 0 Å². The van der Waals surface area contributed by atoms with Gasteiger partial charge in [-0.25, -0.2) is 0 Å². The van der Waals surface area contributed by atoms with Gasteiger partial charge >= 0.3 is 5.97 Å². The van der Waals surface area contributed by atoms with E-state index in [2.05, 4.69) is 10.6 Å². The highest BCUT2D eigenvalue weighted by molar-refractivity contribution is 6.24. The van der Waals surface area contributed by atoms with E-state index in [-0.39, 0.29) is 60.9 Å². The molecule has 2 heterocycles. The molecule has 2 aliphatic rings. The van der Waals surface area contributed by atoms with Gasteiger partial charge < -0.3 is 15.2 Å². The summed E-state index contributed by atoms with van der Waals surface area (Å²) in [4.78, 5) is 85.0. The molecule has 0 bridgehead atoms. The summed E-state index contributed by atoms with van der Waals surface area (Å²) in [5, 5.41) is 13.6. The molecule has 0 spiro atoms. The van der Waals surface area contributed by atoms with Crippen molar-refractivity contribution < 1.29 is 43.4 Å². The molecule has 3 rings (SSSR count). The minimum absolute atomic E-state index is 0.0119. The summed E-state index contributed by atoms with van der Waals surface area (Å²) >= 11 is 0. The highest BCUT2D eigenvalue weighted by Crippen LogP contribution is 2.33. The zero-order valence-corrected chi connectivity index (χ0v) is 20.4. The van der Waals surface area contributed by atoms with Crippen LogP contribution in [-0.4, -0.2) is 70.5 Å². The topological polar surface area (TPSA) is 176 Å². The lowest BCUT2D eigenvalue weighted by atomic mass is 10.0. The Balaban J connectivity index is 1.44.